The van der Waals surface area contributed by atoms with Gasteiger partial charge in [0, 0.05) is 11.8 Å². The Hall–Kier alpha value is -0.770. The fourth-order valence-electron chi connectivity index (χ4n) is 4.66. The van der Waals surface area contributed by atoms with Gasteiger partial charge in [0.05, 0.1) is 11.5 Å². The van der Waals surface area contributed by atoms with Crippen LogP contribution in [0.3, 0.4) is 0 Å². The van der Waals surface area contributed by atoms with Gasteiger partial charge in [0.2, 0.25) is 0 Å². The fourth-order valence-corrected chi connectivity index (χ4v) is 4.91. The zero-order valence-corrected chi connectivity index (χ0v) is 15.2. The minimum atomic E-state index is -1.01. The number of hydrogen-bond acceptors (Lipinski definition) is 2. The lowest BCUT2D eigenvalue weighted by atomic mass is 9.78. The summed E-state index contributed by atoms with van der Waals surface area (Å²) in [6.07, 6.45) is 6.07. The van der Waals surface area contributed by atoms with Crippen LogP contribution >= 0.6 is 23.2 Å². The van der Waals surface area contributed by atoms with Gasteiger partial charge in [0.1, 0.15) is 4.49 Å². The zero-order chi connectivity index (χ0) is 17.6. The molecule has 2 fully saturated rings. The Morgan fingerprint density at radius 2 is 2.04 bits per heavy atom. The number of aliphatic carboxylic acids is 1. The van der Waals surface area contributed by atoms with Crippen molar-refractivity contribution in [2.75, 3.05) is 0 Å². The van der Waals surface area contributed by atoms with E-state index in [0.717, 1.165) is 5.57 Å². The first-order chi connectivity index (χ1) is 10.6. The summed E-state index contributed by atoms with van der Waals surface area (Å²) in [6.45, 7) is 9.90. The third-order valence-electron chi connectivity index (χ3n) is 5.94. The molecule has 0 aromatic rings. The molecular formula is C18H24Cl2O3. The van der Waals surface area contributed by atoms with Crippen LogP contribution in [0.4, 0.5) is 0 Å². The molecule has 2 aliphatic rings. The smallest absolute Gasteiger partial charge is 0.311 e. The highest BCUT2D eigenvalue weighted by atomic mass is 35.5. The maximum Gasteiger partial charge on any atom is 0.311 e. The maximum atomic E-state index is 12.2. The van der Waals surface area contributed by atoms with E-state index in [1.165, 1.54) is 0 Å². The molecule has 5 atom stereocenters. The fraction of sp³-hybridized carbons (Fsp3) is 0.611. The highest BCUT2D eigenvalue weighted by molar-refractivity contribution is 6.55. The lowest BCUT2D eigenvalue weighted by molar-refractivity contribution is -0.147. The third kappa shape index (κ3) is 2.67. The molecule has 2 saturated carbocycles. The van der Waals surface area contributed by atoms with Gasteiger partial charge in [-0.25, -0.2) is 0 Å². The number of carboxylic acids is 1. The summed E-state index contributed by atoms with van der Waals surface area (Å²) in [6, 6.07) is 0. The van der Waals surface area contributed by atoms with E-state index in [0.29, 0.717) is 12.8 Å². The van der Waals surface area contributed by atoms with Crippen LogP contribution in [0.5, 0.6) is 0 Å². The van der Waals surface area contributed by atoms with Crippen LogP contribution in [0.1, 0.15) is 33.6 Å². The number of rotatable bonds is 5. The van der Waals surface area contributed by atoms with Gasteiger partial charge in [-0.15, -0.1) is 0 Å². The summed E-state index contributed by atoms with van der Waals surface area (Å²) in [7, 11) is 0. The Kier molecular flexibility index (Phi) is 5.06. The molecule has 0 aromatic carbocycles. The van der Waals surface area contributed by atoms with Gasteiger partial charge in [-0.3, -0.25) is 4.79 Å². The van der Waals surface area contributed by atoms with Crippen LogP contribution in [0.2, 0.25) is 0 Å². The first-order valence-corrected chi connectivity index (χ1v) is 8.62. The summed E-state index contributed by atoms with van der Waals surface area (Å²) in [5.41, 5.74) is -0.672. The molecule has 3 nitrogen and oxygen atoms in total. The van der Waals surface area contributed by atoms with Gasteiger partial charge >= 0.3 is 5.97 Å². The molecule has 5 heteroatoms. The monoisotopic (exact) mass is 358 g/mol. The lowest BCUT2D eigenvalue weighted by Gasteiger charge is -2.25. The van der Waals surface area contributed by atoms with Gasteiger partial charge in [-0.1, -0.05) is 61.4 Å². The largest absolute Gasteiger partial charge is 0.481 e. The average molecular weight is 359 g/mol. The summed E-state index contributed by atoms with van der Waals surface area (Å²) in [5.74, 6) is -1.52. The molecule has 128 valence electrons. The van der Waals surface area contributed by atoms with E-state index in [1.807, 2.05) is 32.9 Å². The average Bonchev–Trinajstić information content (AvgIpc) is 2.76. The van der Waals surface area contributed by atoms with Gasteiger partial charge in [0.25, 0.3) is 0 Å². The van der Waals surface area contributed by atoms with E-state index < -0.39 is 22.9 Å². The van der Waals surface area contributed by atoms with Crippen molar-refractivity contribution in [1.82, 2.24) is 0 Å². The summed E-state index contributed by atoms with van der Waals surface area (Å²) in [5, 5.41) is 20.4. The van der Waals surface area contributed by atoms with Crippen LogP contribution in [-0.2, 0) is 4.79 Å². The normalized spacial score (nSPS) is 38.8. The zero-order valence-electron chi connectivity index (χ0n) is 13.7. The van der Waals surface area contributed by atoms with E-state index in [9.17, 15) is 15.0 Å². The molecule has 0 saturated heterocycles. The lowest BCUT2D eigenvalue weighted by Crippen LogP contribution is -2.30. The van der Waals surface area contributed by atoms with Gasteiger partial charge in [0.15, 0.2) is 0 Å². The second-order valence-electron chi connectivity index (χ2n) is 7.17. The van der Waals surface area contributed by atoms with E-state index in [4.69, 9.17) is 23.2 Å². The number of carboxylic acid groups (broad SMARTS) is 1. The first kappa shape index (κ1) is 18.6. The van der Waals surface area contributed by atoms with Crippen LogP contribution < -0.4 is 0 Å². The maximum absolute atomic E-state index is 12.2. The Bertz CT molecular complexity index is 575. The molecular weight excluding hydrogens is 335 g/mol. The molecule has 0 unspecified atom stereocenters. The van der Waals surface area contributed by atoms with Gasteiger partial charge in [-0.2, -0.15) is 0 Å². The molecule has 0 amide bonds. The Morgan fingerprint density at radius 3 is 2.52 bits per heavy atom. The van der Waals surface area contributed by atoms with Gasteiger partial charge < -0.3 is 10.2 Å². The minimum absolute atomic E-state index is 0.0841. The first-order valence-electron chi connectivity index (χ1n) is 7.86. The number of aliphatic hydroxyl groups excluding tert-OH is 1. The Morgan fingerprint density at radius 1 is 1.43 bits per heavy atom. The minimum Gasteiger partial charge on any atom is -0.481 e. The van der Waals surface area contributed by atoms with Crippen LogP contribution in [0.25, 0.3) is 0 Å². The predicted molar refractivity (Wildman–Crippen MR) is 93.3 cm³/mol. The number of allylic oxidation sites excluding steroid dienone is 3. The van der Waals surface area contributed by atoms with Crippen molar-refractivity contribution < 1.29 is 15.0 Å². The van der Waals surface area contributed by atoms with Gasteiger partial charge in [-0.05, 0) is 37.2 Å². The van der Waals surface area contributed by atoms with Crippen LogP contribution in [0.15, 0.2) is 34.9 Å². The number of halogens is 2. The number of hydrogen-bond donors (Lipinski definition) is 2. The molecule has 2 aliphatic carbocycles. The van der Waals surface area contributed by atoms with E-state index in [-0.39, 0.29) is 22.2 Å². The number of carbonyl (C=O) groups is 1. The quantitative estimate of drug-likeness (QED) is 0.708. The topological polar surface area (TPSA) is 57.5 Å². The highest BCUT2D eigenvalue weighted by Crippen LogP contribution is 2.76. The van der Waals surface area contributed by atoms with Crippen LogP contribution in [0, 0.1) is 28.6 Å². The van der Waals surface area contributed by atoms with Crippen molar-refractivity contribution >= 4 is 29.2 Å². The molecule has 0 heterocycles. The van der Waals surface area contributed by atoms with Crippen molar-refractivity contribution in [2.45, 2.75) is 39.7 Å². The molecule has 0 aliphatic heterocycles. The van der Waals surface area contributed by atoms with E-state index >= 15 is 0 Å². The second-order valence-corrected chi connectivity index (χ2v) is 8.18. The predicted octanol–water partition coefficient (Wildman–Crippen LogP) is 4.55. The molecule has 0 aromatic heterocycles. The van der Waals surface area contributed by atoms with Crippen LogP contribution in [-0.4, -0.2) is 22.3 Å². The van der Waals surface area contributed by atoms with Crippen molar-refractivity contribution in [3.05, 3.63) is 34.9 Å². The molecule has 23 heavy (non-hydrogen) atoms. The van der Waals surface area contributed by atoms with E-state index in [1.54, 1.807) is 6.08 Å². The molecule has 2 rings (SSSR count). The summed E-state index contributed by atoms with van der Waals surface area (Å²) in [4.78, 5) is 12.2. The van der Waals surface area contributed by atoms with Crippen molar-refractivity contribution in [2.24, 2.45) is 28.6 Å². The molecule has 0 bridgehead atoms. The Balaban J connectivity index is 2.40. The second kappa shape index (κ2) is 6.27. The Labute approximate surface area is 147 Å². The molecule has 2 N–H and O–H groups in total. The molecule has 0 radical (unpaired) electrons. The van der Waals surface area contributed by atoms with Crippen molar-refractivity contribution in [1.29, 1.82) is 0 Å². The molecule has 0 spiro atoms. The summed E-state index contributed by atoms with van der Waals surface area (Å²) >= 11 is 11.6. The van der Waals surface area contributed by atoms with Crippen molar-refractivity contribution in [3.63, 3.8) is 0 Å². The van der Waals surface area contributed by atoms with E-state index in [2.05, 4.69) is 6.58 Å². The number of aliphatic hydroxyl groups is 1. The van der Waals surface area contributed by atoms with Crippen molar-refractivity contribution in [3.8, 4) is 0 Å². The highest BCUT2D eigenvalue weighted by Gasteiger charge is 2.79. The summed E-state index contributed by atoms with van der Waals surface area (Å²) < 4.78 is 0.0841. The standard InChI is InChI=1S/C18H24Cl2O3/c1-5-6-7-11-10(2)12(8-13(11)21)18(16(22)23)14(9-15(19)20)17(18,3)4/h5-6,9,11-14,21H,2,7-8H2,1,3-4H3,(H,22,23)/t11-,12+,13+,14-,18-/m0/s1. The SMILES string of the molecule is C=C1[C@H]([C@@]2(C(=O)O)[C@@H](C=C(Cl)Cl)C2(C)C)C[C@@H](O)[C@H]1CC=CC. The third-order valence-corrected chi connectivity index (χ3v) is 6.19.